The maximum absolute atomic E-state index is 12.6. The predicted octanol–water partition coefficient (Wildman–Crippen LogP) is 2.23. The molecule has 0 N–H and O–H groups in total. The van der Waals surface area contributed by atoms with E-state index in [2.05, 4.69) is 4.90 Å². The van der Waals surface area contributed by atoms with Gasteiger partial charge in [0, 0.05) is 52.4 Å². The second-order valence-electron chi connectivity index (χ2n) is 7.50. The highest BCUT2D eigenvalue weighted by atomic mass is 32.2. The minimum atomic E-state index is -3.43. The summed E-state index contributed by atoms with van der Waals surface area (Å²) in [6.45, 7) is 3.00. The third-order valence-electron chi connectivity index (χ3n) is 5.40. The molecule has 0 unspecified atom stereocenters. The standard InChI is InChI=1S/C22H29N3O4S/c1-23(2)30(27,28)21-11-4-18(5-12-21)6-13-22(26)25-16-14-24(15-17-25)19-7-9-20(29-3)10-8-19/h4-5,7-12H,6,13-17H2,1-3H3. The van der Waals surface area contributed by atoms with Gasteiger partial charge in [-0.3, -0.25) is 4.79 Å². The molecule has 0 saturated carbocycles. The smallest absolute Gasteiger partial charge is 0.242 e. The second kappa shape index (κ2) is 9.49. The van der Waals surface area contributed by atoms with Crippen LogP contribution in [-0.2, 0) is 21.2 Å². The first kappa shape index (κ1) is 22.1. The lowest BCUT2D eigenvalue weighted by Crippen LogP contribution is -2.48. The maximum atomic E-state index is 12.6. The van der Waals surface area contributed by atoms with Crippen molar-refractivity contribution < 1.29 is 17.9 Å². The van der Waals surface area contributed by atoms with Crippen molar-refractivity contribution in [1.29, 1.82) is 0 Å². The van der Waals surface area contributed by atoms with Crippen LogP contribution < -0.4 is 9.64 Å². The molecule has 0 radical (unpaired) electrons. The van der Waals surface area contributed by atoms with Crippen molar-refractivity contribution in [1.82, 2.24) is 9.21 Å². The zero-order chi connectivity index (χ0) is 21.7. The first-order valence-electron chi connectivity index (χ1n) is 9.99. The normalized spacial score (nSPS) is 14.8. The molecule has 0 spiro atoms. The van der Waals surface area contributed by atoms with Crippen molar-refractivity contribution >= 4 is 21.6 Å². The van der Waals surface area contributed by atoms with Gasteiger partial charge in [-0.1, -0.05) is 12.1 Å². The number of piperazine rings is 1. The second-order valence-corrected chi connectivity index (χ2v) is 9.65. The number of rotatable bonds is 7. The Bertz CT molecular complexity index is 949. The van der Waals surface area contributed by atoms with E-state index in [1.165, 1.54) is 18.4 Å². The largest absolute Gasteiger partial charge is 0.497 e. The summed E-state index contributed by atoms with van der Waals surface area (Å²) in [6, 6.07) is 14.7. The van der Waals surface area contributed by atoms with Crippen molar-refractivity contribution in [2.45, 2.75) is 17.7 Å². The number of methoxy groups -OCH3 is 1. The summed E-state index contributed by atoms with van der Waals surface area (Å²) in [5.74, 6) is 0.967. The molecule has 7 nitrogen and oxygen atoms in total. The summed E-state index contributed by atoms with van der Waals surface area (Å²) in [7, 11) is 1.24. The number of sulfonamides is 1. The van der Waals surface area contributed by atoms with E-state index >= 15 is 0 Å². The Balaban J connectivity index is 1.49. The van der Waals surface area contributed by atoms with Crippen LogP contribution in [0.5, 0.6) is 5.75 Å². The summed E-state index contributed by atoms with van der Waals surface area (Å²) in [5, 5.41) is 0. The van der Waals surface area contributed by atoms with Crippen molar-refractivity contribution in [3.63, 3.8) is 0 Å². The molecule has 162 valence electrons. The van der Waals surface area contributed by atoms with E-state index in [-0.39, 0.29) is 10.8 Å². The van der Waals surface area contributed by atoms with Crippen LogP contribution in [0.1, 0.15) is 12.0 Å². The lowest BCUT2D eigenvalue weighted by atomic mass is 10.1. The van der Waals surface area contributed by atoms with Crippen molar-refractivity contribution in [3.05, 3.63) is 54.1 Å². The van der Waals surface area contributed by atoms with E-state index in [1.807, 2.05) is 29.2 Å². The number of anilines is 1. The Hall–Kier alpha value is -2.58. The molecule has 30 heavy (non-hydrogen) atoms. The van der Waals surface area contributed by atoms with Gasteiger partial charge < -0.3 is 14.5 Å². The molecule has 0 aromatic heterocycles. The molecule has 2 aromatic carbocycles. The Morgan fingerprint density at radius 2 is 1.57 bits per heavy atom. The third kappa shape index (κ3) is 5.12. The van der Waals surface area contributed by atoms with Crippen LogP contribution in [0.15, 0.2) is 53.4 Å². The number of amides is 1. The molecule has 1 fully saturated rings. The summed E-state index contributed by atoms with van der Waals surface area (Å²) < 4.78 is 30.7. The lowest BCUT2D eigenvalue weighted by Gasteiger charge is -2.36. The molecule has 1 amide bonds. The maximum Gasteiger partial charge on any atom is 0.242 e. The number of hydrogen-bond donors (Lipinski definition) is 0. The van der Waals surface area contributed by atoms with Gasteiger partial charge in [0.1, 0.15) is 5.75 Å². The Morgan fingerprint density at radius 3 is 2.10 bits per heavy atom. The van der Waals surface area contributed by atoms with Gasteiger partial charge in [0.15, 0.2) is 0 Å². The lowest BCUT2D eigenvalue weighted by molar-refractivity contribution is -0.131. The first-order valence-corrected chi connectivity index (χ1v) is 11.4. The zero-order valence-corrected chi connectivity index (χ0v) is 18.6. The minimum Gasteiger partial charge on any atom is -0.497 e. The van der Waals surface area contributed by atoms with Crippen molar-refractivity contribution in [2.24, 2.45) is 0 Å². The molecule has 2 aromatic rings. The number of carbonyl (C=O) groups excluding carboxylic acids is 1. The molecule has 0 aliphatic carbocycles. The van der Waals surface area contributed by atoms with Crippen molar-refractivity contribution in [3.8, 4) is 5.75 Å². The Morgan fingerprint density at radius 1 is 0.967 bits per heavy atom. The molecule has 0 atom stereocenters. The number of nitrogens with zero attached hydrogens (tertiary/aromatic N) is 3. The fourth-order valence-electron chi connectivity index (χ4n) is 3.46. The van der Waals surface area contributed by atoms with Crippen LogP contribution in [0.2, 0.25) is 0 Å². The van der Waals surface area contributed by atoms with Crippen LogP contribution in [-0.4, -0.2) is 70.9 Å². The van der Waals surface area contributed by atoms with E-state index in [1.54, 1.807) is 31.4 Å². The topological polar surface area (TPSA) is 70.2 Å². The predicted molar refractivity (Wildman–Crippen MR) is 117 cm³/mol. The molecule has 8 heteroatoms. The fraction of sp³-hybridized carbons (Fsp3) is 0.409. The summed E-state index contributed by atoms with van der Waals surface area (Å²) >= 11 is 0. The summed E-state index contributed by atoms with van der Waals surface area (Å²) in [4.78, 5) is 17.0. The molecule has 1 saturated heterocycles. The average Bonchev–Trinajstić information content (AvgIpc) is 2.78. The molecule has 1 heterocycles. The Labute approximate surface area is 178 Å². The van der Waals surface area contributed by atoms with E-state index in [0.717, 1.165) is 30.1 Å². The van der Waals surface area contributed by atoms with Gasteiger partial charge in [-0.15, -0.1) is 0 Å². The third-order valence-corrected chi connectivity index (χ3v) is 7.23. The molecular formula is C22H29N3O4S. The molecule has 1 aliphatic heterocycles. The van der Waals surface area contributed by atoms with Crippen LogP contribution in [0.3, 0.4) is 0 Å². The van der Waals surface area contributed by atoms with Gasteiger partial charge in [-0.25, -0.2) is 12.7 Å². The highest BCUT2D eigenvalue weighted by molar-refractivity contribution is 7.89. The number of ether oxygens (including phenoxy) is 1. The van der Waals surface area contributed by atoms with Gasteiger partial charge in [0.05, 0.1) is 12.0 Å². The molecule has 0 bridgehead atoms. The van der Waals surface area contributed by atoms with Gasteiger partial charge in [0.2, 0.25) is 15.9 Å². The van der Waals surface area contributed by atoms with Crippen LogP contribution in [0, 0.1) is 0 Å². The van der Waals surface area contributed by atoms with E-state index < -0.39 is 10.0 Å². The van der Waals surface area contributed by atoms with Gasteiger partial charge in [-0.05, 0) is 48.4 Å². The van der Waals surface area contributed by atoms with E-state index in [4.69, 9.17) is 4.74 Å². The van der Waals surface area contributed by atoms with Gasteiger partial charge in [-0.2, -0.15) is 0 Å². The van der Waals surface area contributed by atoms with Crippen LogP contribution in [0.4, 0.5) is 5.69 Å². The number of hydrogen-bond acceptors (Lipinski definition) is 5. The highest BCUT2D eigenvalue weighted by Crippen LogP contribution is 2.21. The quantitative estimate of drug-likeness (QED) is 0.672. The van der Waals surface area contributed by atoms with E-state index in [9.17, 15) is 13.2 Å². The molecule has 1 aliphatic rings. The highest BCUT2D eigenvalue weighted by Gasteiger charge is 2.21. The summed E-state index contributed by atoms with van der Waals surface area (Å²) in [5.41, 5.74) is 2.09. The zero-order valence-electron chi connectivity index (χ0n) is 17.7. The number of carbonyl (C=O) groups is 1. The SMILES string of the molecule is COc1ccc(N2CCN(C(=O)CCc3ccc(S(=O)(=O)N(C)C)cc3)CC2)cc1. The van der Waals surface area contributed by atoms with Gasteiger partial charge in [0.25, 0.3) is 0 Å². The van der Waals surface area contributed by atoms with Crippen molar-refractivity contribution in [2.75, 3.05) is 52.3 Å². The summed E-state index contributed by atoms with van der Waals surface area (Å²) in [6.07, 6.45) is 1.02. The van der Waals surface area contributed by atoms with E-state index in [0.29, 0.717) is 25.9 Å². The number of benzene rings is 2. The average molecular weight is 432 g/mol. The van der Waals surface area contributed by atoms with Gasteiger partial charge >= 0.3 is 0 Å². The van der Waals surface area contributed by atoms with Crippen LogP contribution >= 0.6 is 0 Å². The fourth-order valence-corrected chi connectivity index (χ4v) is 4.36. The minimum absolute atomic E-state index is 0.134. The monoisotopic (exact) mass is 431 g/mol. The molecular weight excluding hydrogens is 402 g/mol. The Kier molecular flexibility index (Phi) is 6.99. The van der Waals surface area contributed by atoms with Crippen LogP contribution in [0.25, 0.3) is 0 Å². The number of aryl methyl sites for hydroxylation is 1. The molecule has 3 rings (SSSR count). The first-order chi connectivity index (χ1) is 14.3.